The Kier molecular flexibility index (Phi) is 5.50. The van der Waals surface area contributed by atoms with Gasteiger partial charge in [0.1, 0.15) is 11.6 Å². The summed E-state index contributed by atoms with van der Waals surface area (Å²) in [5, 5.41) is 0. The third-order valence-corrected chi connectivity index (χ3v) is 7.61. The van der Waals surface area contributed by atoms with Crippen LogP contribution in [-0.4, -0.2) is 55.5 Å². The standard InChI is InChI=1S/C21H23FN2O5S/c1-14-19-17(25)4-2-5-18(19)29-20(14)21(26)23-10-3-11-24(13-12-23)30(27,28)16-8-6-15(22)7-9-16/h6-9H,2-5,10-13H2,1H3. The van der Waals surface area contributed by atoms with Crippen molar-refractivity contribution in [2.24, 2.45) is 0 Å². The van der Waals surface area contributed by atoms with E-state index in [1.807, 2.05) is 0 Å². The van der Waals surface area contributed by atoms with Crippen LogP contribution in [0.5, 0.6) is 0 Å². The number of Topliss-reactive ketones (excluding diaryl/α,β-unsaturated/α-hetero) is 1. The van der Waals surface area contributed by atoms with E-state index in [9.17, 15) is 22.4 Å². The molecule has 30 heavy (non-hydrogen) atoms. The van der Waals surface area contributed by atoms with Crippen LogP contribution in [0, 0.1) is 12.7 Å². The number of ketones is 1. The van der Waals surface area contributed by atoms with Crippen LogP contribution in [0.2, 0.25) is 0 Å². The molecule has 1 fully saturated rings. The van der Waals surface area contributed by atoms with Gasteiger partial charge in [-0.1, -0.05) is 0 Å². The highest BCUT2D eigenvalue weighted by atomic mass is 32.2. The number of furan rings is 1. The monoisotopic (exact) mass is 434 g/mol. The van der Waals surface area contributed by atoms with Crippen molar-refractivity contribution >= 4 is 21.7 Å². The molecule has 1 aromatic heterocycles. The first-order chi connectivity index (χ1) is 14.3. The molecule has 2 heterocycles. The lowest BCUT2D eigenvalue weighted by molar-refractivity contribution is 0.0728. The van der Waals surface area contributed by atoms with Gasteiger partial charge in [0.2, 0.25) is 10.0 Å². The molecule has 1 aromatic carbocycles. The Balaban J connectivity index is 1.52. The molecule has 0 radical (unpaired) electrons. The number of carbonyl (C=O) groups is 2. The molecule has 160 valence electrons. The molecule has 4 rings (SSSR count). The van der Waals surface area contributed by atoms with Crippen LogP contribution >= 0.6 is 0 Å². The first-order valence-corrected chi connectivity index (χ1v) is 11.4. The van der Waals surface area contributed by atoms with Gasteiger partial charge in [0.15, 0.2) is 11.5 Å². The van der Waals surface area contributed by atoms with Gasteiger partial charge < -0.3 is 9.32 Å². The number of fused-ring (bicyclic) bond motifs is 1. The fourth-order valence-corrected chi connectivity index (χ4v) is 5.56. The highest BCUT2D eigenvalue weighted by Gasteiger charge is 2.33. The molecule has 9 heteroatoms. The molecular weight excluding hydrogens is 411 g/mol. The number of amides is 1. The van der Waals surface area contributed by atoms with Gasteiger partial charge in [0.25, 0.3) is 5.91 Å². The molecule has 0 bridgehead atoms. The van der Waals surface area contributed by atoms with Crippen LogP contribution in [0.1, 0.15) is 51.5 Å². The van der Waals surface area contributed by atoms with Crippen LogP contribution < -0.4 is 0 Å². The summed E-state index contributed by atoms with van der Waals surface area (Å²) < 4.78 is 45.9. The Bertz CT molecular complexity index is 1090. The molecule has 0 unspecified atom stereocenters. The zero-order chi connectivity index (χ0) is 21.5. The average Bonchev–Trinajstić information content (AvgIpc) is 2.90. The molecule has 2 aliphatic rings. The summed E-state index contributed by atoms with van der Waals surface area (Å²) in [6.07, 6.45) is 2.27. The van der Waals surface area contributed by atoms with Gasteiger partial charge in [0, 0.05) is 44.6 Å². The summed E-state index contributed by atoms with van der Waals surface area (Å²) >= 11 is 0. The van der Waals surface area contributed by atoms with Crippen molar-refractivity contribution in [1.82, 2.24) is 9.21 Å². The predicted molar refractivity (Wildman–Crippen MR) is 106 cm³/mol. The van der Waals surface area contributed by atoms with E-state index < -0.39 is 15.8 Å². The van der Waals surface area contributed by atoms with E-state index in [0.717, 1.165) is 12.1 Å². The van der Waals surface area contributed by atoms with Crippen LogP contribution in [0.4, 0.5) is 4.39 Å². The van der Waals surface area contributed by atoms with Gasteiger partial charge in [-0.15, -0.1) is 0 Å². The molecule has 1 saturated heterocycles. The van der Waals surface area contributed by atoms with Gasteiger partial charge in [-0.3, -0.25) is 9.59 Å². The van der Waals surface area contributed by atoms with Gasteiger partial charge in [-0.2, -0.15) is 4.31 Å². The number of hydrogen-bond acceptors (Lipinski definition) is 5. The van der Waals surface area contributed by atoms with Crippen molar-refractivity contribution in [3.63, 3.8) is 0 Å². The van der Waals surface area contributed by atoms with Crippen molar-refractivity contribution < 1.29 is 26.8 Å². The summed E-state index contributed by atoms with van der Waals surface area (Å²) in [5.41, 5.74) is 1.10. The van der Waals surface area contributed by atoms with Gasteiger partial charge >= 0.3 is 0 Å². The number of rotatable bonds is 3. The van der Waals surface area contributed by atoms with Crippen LogP contribution in [0.15, 0.2) is 33.6 Å². The van der Waals surface area contributed by atoms with Crippen LogP contribution in [0.3, 0.4) is 0 Å². The number of benzene rings is 1. The number of aryl methyl sites for hydroxylation is 1. The maximum Gasteiger partial charge on any atom is 0.289 e. The van der Waals surface area contributed by atoms with Gasteiger partial charge in [0.05, 0.1) is 10.5 Å². The molecule has 0 N–H and O–H groups in total. The van der Waals surface area contributed by atoms with Gasteiger partial charge in [-0.05, 0) is 44.0 Å². The van der Waals surface area contributed by atoms with Crippen molar-refractivity contribution in [3.05, 3.63) is 52.7 Å². The van der Waals surface area contributed by atoms with E-state index in [1.54, 1.807) is 11.8 Å². The van der Waals surface area contributed by atoms with Crippen LogP contribution in [0.25, 0.3) is 0 Å². The Morgan fingerprint density at radius 3 is 2.47 bits per heavy atom. The van der Waals surface area contributed by atoms with E-state index >= 15 is 0 Å². The highest BCUT2D eigenvalue weighted by molar-refractivity contribution is 7.89. The zero-order valence-corrected chi connectivity index (χ0v) is 17.5. The fourth-order valence-electron chi connectivity index (χ4n) is 4.09. The molecule has 2 aromatic rings. The van der Waals surface area contributed by atoms with Crippen molar-refractivity contribution in [1.29, 1.82) is 0 Å². The molecule has 0 spiro atoms. The Morgan fingerprint density at radius 1 is 1.03 bits per heavy atom. The SMILES string of the molecule is Cc1c(C(=O)N2CCCN(S(=O)(=O)c3ccc(F)cc3)CC2)oc2c1C(=O)CCC2. The Labute approximate surface area is 174 Å². The fraction of sp³-hybridized carbons (Fsp3) is 0.429. The largest absolute Gasteiger partial charge is 0.455 e. The van der Waals surface area contributed by atoms with E-state index in [2.05, 4.69) is 0 Å². The minimum Gasteiger partial charge on any atom is -0.455 e. The Hall–Kier alpha value is -2.52. The lowest BCUT2D eigenvalue weighted by atomic mass is 9.94. The smallest absolute Gasteiger partial charge is 0.289 e. The second kappa shape index (κ2) is 7.96. The molecule has 0 saturated carbocycles. The van der Waals surface area contributed by atoms with E-state index in [-0.39, 0.29) is 42.0 Å². The lowest BCUT2D eigenvalue weighted by Gasteiger charge is -2.21. The number of halogens is 1. The normalized spacial score (nSPS) is 18.2. The number of nitrogens with zero attached hydrogens (tertiary/aromatic N) is 2. The van der Waals surface area contributed by atoms with Crippen molar-refractivity contribution in [3.8, 4) is 0 Å². The first kappa shape index (κ1) is 20.7. The quantitative estimate of drug-likeness (QED) is 0.741. The van der Waals surface area contributed by atoms with Crippen molar-refractivity contribution in [2.75, 3.05) is 26.2 Å². The molecule has 0 atom stereocenters. The molecule has 7 nitrogen and oxygen atoms in total. The average molecular weight is 434 g/mol. The third-order valence-electron chi connectivity index (χ3n) is 5.69. The molecule has 1 aliphatic heterocycles. The summed E-state index contributed by atoms with van der Waals surface area (Å²) in [5.74, 6) is -0.0798. The van der Waals surface area contributed by atoms with E-state index in [0.29, 0.717) is 49.1 Å². The lowest BCUT2D eigenvalue weighted by Crippen LogP contribution is -2.37. The molecule has 1 aliphatic carbocycles. The maximum absolute atomic E-state index is 13.1. The van der Waals surface area contributed by atoms with Crippen LogP contribution in [-0.2, 0) is 16.4 Å². The van der Waals surface area contributed by atoms with Gasteiger partial charge in [-0.25, -0.2) is 12.8 Å². The first-order valence-electron chi connectivity index (χ1n) is 9.99. The summed E-state index contributed by atoms with van der Waals surface area (Å²) in [7, 11) is -3.77. The predicted octanol–water partition coefficient (Wildman–Crippen LogP) is 2.78. The number of carbonyl (C=O) groups excluding carboxylic acids is 2. The maximum atomic E-state index is 13.1. The second-order valence-electron chi connectivity index (χ2n) is 7.63. The number of hydrogen-bond donors (Lipinski definition) is 0. The summed E-state index contributed by atoms with van der Waals surface area (Å²) in [6.45, 7) is 2.70. The molecular formula is C21H23FN2O5S. The minimum absolute atomic E-state index is 0.00369. The minimum atomic E-state index is -3.77. The zero-order valence-electron chi connectivity index (χ0n) is 16.7. The third kappa shape index (κ3) is 3.67. The summed E-state index contributed by atoms with van der Waals surface area (Å²) in [4.78, 5) is 26.9. The van der Waals surface area contributed by atoms with Crippen molar-refractivity contribution in [2.45, 2.75) is 37.5 Å². The Morgan fingerprint density at radius 2 is 1.77 bits per heavy atom. The van der Waals surface area contributed by atoms with E-state index in [4.69, 9.17) is 4.42 Å². The molecule has 1 amide bonds. The van der Waals surface area contributed by atoms with E-state index in [1.165, 1.54) is 16.4 Å². The topological polar surface area (TPSA) is 87.9 Å². The highest BCUT2D eigenvalue weighted by Crippen LogP contribution is 2.30. The second-order valence-corrected chi connectivity index (χ2v) is 9.57. The summed E-state index contributed by atoms with van der Waals surface area (Å²) in [6, 6.07) is 4.71. The number of sulfonamides is 1.